The van der Waals surface area contributed by atoms with Gasteiger partial charge in [-0.25, -0.2) is 13.8 Å². The molecule has 1 aromatic carbocycles. The van der Waals surface area contributed by atoms with Crippen LogP contribution in [0.2, 0.25) is 0 Å². The van der Waals surface area contributed by atoms with E-state index in [1.165, 1.54) is 4.57 Å². The van der Waals surface area contributed by atoms with Gasteiger partial charge in [-0.15, -0.1) is 0 Å². The number of anilines is 1. The molecule has 4 heterocycles. The van der Waals surface area contributed by atoms with Gasteiger partial charge in [0, 0.05) is 38.2 Å². The Bertz CT molecular complexity index is 1320. The van der Waals surface area contributed by atoms with Crippen LogP contribution < -0.4 is 15.0 Å². The number of hydrogen-bond acceptors (Lipinski definition) is 8. The van der Waals surface area contributed by atoms with E-state index in [1.54, 1.807) is 30.3 Å². The Labute approximate surface area is 231 Å². The van der Waals surface area contributed by atoms with Crippen molar-refractivity contribution in [3.05, 3.63) is 36.2 Å². The molecule has 12 heteroatoms. The zero-order valence-electron chi connectivity index (χ0n) is 22.3. The molecule has 3 aliphatic rings. The number of carbonyl (C=O) groups is 1. The molecule has 1 atom stereocenters. The molecule has 0 unspecified atom stereocenters. The van der Waals surface area contributed by atoms with Gasteiger partial charge in [-0.05, 0) is 50.7 Å². The summed E-state index contributed by atoms with van der Waals surface area (Å²) in [7, 11) is 0. The lowest BCUT2D eigenvalue weighted by Crippen LogP contribution is -2.39. The van der Waals surface area contributed by atoms with Gasteiger partial charge in [0.1, 0.15) is 11.9 Å². The second kappa shape index (κ2) is 12.0. The molecule has 1 amide bonds. The first-order chi connectivity index (χ1) is 19.5. The van der Waals surface area contributed by atoms with Gasteiger partial charge in [-0.2, -0.15) is 9.97 Å². The average Bonchev–Trinajstić information content (AvgIpc) is 3.65. The van der Waals surface area contributed by atoms with E-state index in [9.17, 15) is 13.6 Å². The lowest BCUT2D eigenvalue weighted by molar-refractivity contribution is -0.127. The summed E-state index contributed by atoms with van der Waals surface area (Å²) in [4.78, 5) is 28.2. The fourth-order valence-corrected chi connectivity index (χ4v) is 5.69. The van der Waals surface area contributed by atoms with Gasteiger partial charge < -0.3 is 24.4 Å². The number of imidazole rings is 1. The number of nitrogens with zero attached hydrogens (tertiary/aromatic N) is 5. The van der Waals surface area contributed by atoms with E-state index < -0.39 is 6.43 Å². The van der Waals surface area contributed by atoms with Gasteiger partial charge in [-0.3, -0.25) is 9.36 Å². The summed E-state index contributed by atoms with van der Waals surface area (Å²) in [6, 6.07) is 8.60. The number of carbonyl (C=O) groups excluding carboxylic acids is 1. The standard InChI is InChI=1S/C28H34F2N6O4/c29-25(30)26-32-21-5-1-2-6-22(21)36(26)23-16-24(34-28(33-23)35-11-14-38-15-12-35)40-19-9-7-18(8-10-19)27(37)31-17-20-4-3-13-39-20/h1-2,5-6,16,18-20,25H,3-4,7-15,17H2,(H,31,37)/t18-,19-,20-/m1/s1. The zero-order chi connectivity index (χ0) is 27.5. The van der Waals surface area contributed by atoms with Crippen LogP contribution in [0.15, 0.2) is 30.3 Å². The minimum Gasteiger partial charge on any atom is -0.474 e. The van der Waals surface area contributed by atoms with Gasteiger partial charge in [0.05, 0.1) is 30.4 Å². The first-order valence-electron chi connectivity index (χ1n) is 14.1. The van der Waals surface area contributed by atoms with Crippen molar-refractivity contribution in [2.24, 2.45) is 5.92 Å². The van der Waals surface area contributed by atoms with Gasteiger partial charge in [-0.1, -0.05) is 12.1 Å². The Balaban J connectivity index is 1.21. The van der Waals surface area contributed by atoms with Crippen molar-refractivity contribution in [2.45, 2.75) is 57.2 Å². The van der Waals surface area contributed by atoms with Crippen LogP contribution >= 0.6 is 0 Å². The summed E-state index contributed by atoms with van der Waals surface area (Å²) in [6.45, 7) is 3.55. The third kappa shape index (κ3) is 5.87. The maximum absolute atomic E-state index is 14.1. The normalized spacial score (nSPS) is 23.6. The molecule has 40 heavy (non-hydrogen) atoms. The topological polar surface area (TPSA) is 104 Å². The molecular weight excluding hydrogens is 522 g/mol. The highest BCUT2D eigenvalue weighted by Gasteiger charge is 2.29. The predicted octanol–water partition coefficient (Wildman–Crippen LogP) is 3.82. The molecule has 214 valence electrons. The quantitative estimate of drug-likeness (QED) is 0.447. The van der Waals surface area contributed by atoms with E-state index >= 15 is 0 Å². The van der Waals surface area contributed by atoms with Crippen molar-refractivity contribution in [3.63, 3.8) is 0 Å². The molecule has 10 nitrogen and oxygen atoms in total. The van der Waals surface area contributed by atoms with E-state index in [4.69, 9.17) is 14.2 Å². The second-order valence-electron chi connectivity index (χ2n) is 10.5. The first-order valence-corrected chi connectivity index (χ1v) is 14.1. The minimum atomic E-state index is -2.79. The number of ether oxygens (including phenoxy) is 3. The smallest absolute Gasteiger partial charge is 0.296 e. The van der Waals surface area contributed by atoms with E-state index in [2.05, 4.69) is 20.3 Å². The number of benzene rings is 1. The highest BCUT2D eigenvalue weighted by molar-refractivity contribution is 5.79. The van der Waals surface area contributed by atoms with E-state index in [1.807, 2.05) is 4.90 Å². The molecular formula is C28H34F2N6O4. The maximum atomic E-state index is 14.1. The number of fused-ring (bicyclic) bond motifs is 1. The number of halogens is 2. The predicted molar refractivity (Wildman–Crippen MR) is 143 cm³/mol. The van der Waals surface area contributed by atoms with Crippen molar-refractivity contribution in [1.29, 1.82) is 0 Å². The van der Waals surface area contributed by atoms with Crippen LogP contribution in [0, 0.1) is 5.92 Å². The Morgan fingerprint density at radius 3 is 2.60 bits per heavy atom. The lowest BCUT2D eigenvalue weighted by Gasteiger charge is -2.30. The van der Waals surface area contributed by atoms with Crippen molar-refractivity contribution in [3.8, 4) is 11.7 Å². The number of alkyl halides is 2. The largest absolute Gasteiger partial charge is 0.474 e. The van der Waals surface area contributed by atoms with E-state index in [0.717, 1.165) is 19.4 Å². The molecule has 3 aromatic rings. The van der Waals surface area contributed by atoms with Crippen molar-refractivity contribution in [1.82, 2.24) is 24.8 Å². The Morgan fingerprint density at radius 1 is 1.05 bits per heavy atom. The van der Waals surface area contributed by atoms with Gasteiger partial charge in [0.25, 0.3) is 6.43 Å². The highest BCUT2D eigenvalue weighted by atomic mass is 19.3. The van der Waals surface area contributed by atoms with Gasteiger partial charge >= 0.3 is 0 Å². The van der Waals surface area contributed by atoms with Gasteiger partial charge in [0.2, 0.25) is 17.7 Å². The Morgan fingerprint density at radius 2 is 1.85 bits per heavy atom. The second-order valence-corrected chi connectivity index (χ2v) is 10.5. The van der Waals surface area contributed by atoms with Crippen LogP contribution in [0.25, 0.3) is 16.9 Å². The van der Waals surface area contributed by atoms with Crippen molar-refractivity contribution in [2.75, 3.05) is 44.4 Å². The fraction of sp³-hybridized carbons (Fsp3) is 0.571. The van der Waals surface area contributed by atoms with Crippen molar-refractivity contribution < 1.29 is 27.8 Å². The number of morpholine rings is 1. The molecule has 1 N–H and O–H groups in total. The molecule has 1 saturated carbocycles. The number of amides is 1. The SMILES string of the molecule is O=C(NC[C@H]1CCCO1)[C@H]1CC[C@H](Oc2cc(-n3c(C(F)F)nc4ccccc43)nc(N3CCOCC3)n2)CC1. The maximum Gasteiger partial charge on any atom is 0.296 e. The average molecular weight is 557 g/mol. The molecule has 0 radical (unpaired) electrons. The van der Waals surface area contributed by atoms with Crippen molar-refractivity contribution >= 4 is 22.9 Å². The summed E-state index contributed by atoms with van der Waals surface area (Å²) < 4.78 is 47.0. The molecule has 1 aliphatic carbocycles. The fourth-order valence-electron chi connectivity index (χ4n) is 5.69. The number of hydrogen-bond donors (Lipinski definition) is 1. The third-order valence-electron chi connectivity index (χ3n) is 7.84. The molecule has 0 bridgehead atoms. The van der Waals surface area contributed by atoms with Crippen LogP contribution in [0.1, 0.15) is 50.8 Å². The van der Waals surface area contributed by atoms with Crippen LogP contribution in [0.5, 0.6) is 5.88 Å². The molecule has 2 aliphatic heterocycles. The minimum absolute atomic E-state index is 0.0583. The number of para-hydroxylation sites is 2. The van der Waals surface area contributed by atoms with Gasteiger partial charge in [0.15, 0.2) is 5.82 Å². The Kier molecular flexibility index (Phi) is 8.05. The van der Waals surface area contributed by atoms with E-state index in [-0.39, 0.29) is 35.7 Å². The molecule has 3 fully saturated rings. The third-order valence-corrected chi connectivity index (χ3v) is 7.84. The van der Waals surface area contributed by atoms with Crippen LogP contribution in [-0.4, -0.2) is 77.1 Å². The summed E-state index contributed by atoms with van der Waals surface area (Å²) in [6.07, 6.45) is 2.02. The molecule has 0 spiro atoms. The molecule has 6 rings (SSSR count). The highest BCUT2D eigenvalue weighted by Crippen LogP contribution is 2.32. The monoisotopic (exact) mass is 556 g/mol. The van der Waals surface area contributed by atoms with Crippen LogP contribution in [0.4, 0.5) is 14.7 Å². The first kappa shape index (κ1) is 26.8. The van der Waals surface area contributed by atoms with Crippen LogP contribution in [-0.2, 0) is 14.3 Å². The molecule has 2 aromatic heterocycles. The summed E-state index contributed by atoms with van der Waals surface area (Å²) in [5.41, 5.74) is 0.993. The number of rotatable bonds is 8. The summed E-state index contributed by atoms with van der Waals surface area (Å²) in [5, 5.41) is 3.04. The lowest BCUT2D eigenvalue weighted by atomic mass is 9.86. The zero-order valence-corrected chi connectivity index (χ0v) is 22.3. The summed E-state index contributed by atoms with van der Waals surface area (Å²) in [5.74, 6) is 0.620. The Hall–Kier alpha value is -3.38. The van der Waals surface area contributed by atoms with E-state index in [0.29, 0.717) is 81.4 Å². The number of nitrogens with one attached hydrogen (secondary N) is 1. The van der Waals surface area contributed by atoms with Crippen LogP contribution in [0.3, 0.4) is 0 Å². The summed E-state index contributed by atoms with van der Waals surface area (Å²) >= 11 is 0. The molecule has 2 saturated heterocycles. The number of aromatic nitrogens is 4.